The highest BCUT2D eigenvalue weighted by Crippen LogP contribution is 2.68. The van der Waals surface area contributed by atoms with E-state index in [0.717, 1.165) is 70.6 Å². The summed E-state index contributed by atoms with van der Waals surface area (Å²) in [6, 6.07) is 0. The number of rotatable bonds is 8. The van der Waals surface area contributed by atoms with Crippen LogP contribution in [0.2, 0.25) is 0 Å². The number of hydrogen-bond acceptors (Lipinski definition) is 6. The minimum absolute atomic E-state index is 0.110. The van der Waals surface area contributed by atoms with E-state index in [2.05, 4.69) is 27.7 Å². The Labute approximate surface area is 236 Å². The lowest BCUT2D eigenvalue weighted by Crippen LogP contribution is -2.58. The second-order valence-electron chi connectivity index (χ2n) is 14.8. The molecule has 0 saturated heterocycles. The predicted molar refractivity (Wildman–Crippen MR) is 150 cm³/mol. The van der Waals surface area contributed by atoms with E-state index >= 15 is 0 Å². The number of aliphatic hydroxyl groups is 2. The van der Waals surface area contributed by atoms with Gasteiger partial charge in [-0.3, -0.25) is 4.79 Å². The minimum atomic E-state index is -0.429. The third-order valence-corrected chi connectivity index (χ3v) is 13.1. The summed E-state index contributed by atoms with van der Waals surface area (Å²) in [6.07, 6.45) is 13.9. The Morgan fingerprint density at radius 2 is 1.67 bits per heavy atom. The van der Waals surface area contributed by atoms with Crippen LogP contribution in [0.3, 0.4) is 0 Å². The maximum Gasteiger partial charge on any atom is 0.344 e. The molecule has 5 saturated carbocycles. The zero-order valence-corrected chi connectivity index (χ0v) is 25.0. The Hall–Kier alpha value is -1.14. The predicted octanol–water partition coefficient (Wildman–Crippen LogP) is 6.20. The lowest BCUT2D eigenvalue weighted by molar-refractivity contribution is -0.175. The van der Waals surface area contributed by atoms with Crippen LogP contribution >= 0.6 is 0 Å². The molecule has 0 radical (unpaired) electrons. The fraction of sp³-hybridized carbons (Fsp3) is 0.939. The lowest BCUT2D eigenvalue weighted by Gasteiger charge is -2.62. The van der Waals surface area contributed by atoms with Crippen LogP contribution in [0.15, 0.2) is 0 Å². The quantitative estimate of drug-likeness (QED) is 0.352. The molecule has 0 bridgehead atoms. The first-order valence-corrected chi connectivity index (χ1v) is 16.3. The van der Waals surface area contributed by atoms with Crippen molar-refractivity contribution >= 4 is 11.9 Å². The van der Waals surface area contributed by atoms with Gasteiger partial charge in [0.25, 0.3) is 0 Å². The Balaban J connectivity index is 1.15. The molecule has 0 spiro atoms. The molecule has 10 unspecified atom stereocenters. The van der Waals surface area contributed by atoms with Crippen molar-refractivity contribution in [1.82, 2.24) is 0 Å². The molecule has 222 valence electrons. The standard InChI is InChI=1S/C33H54O6/c1-5-33(15-6-7-16-33)39-30(37)20-38-29(36)13-8-21(2)25-11-12-26-24-10-9-22-18-23(34)14-17-31(22,3)27(24)19-28(35)32(25,26)4/h21-28,34-35H,5-20H2,1-4H3. The molecule has 5 aliphatic rings. The van der Waals surface area contributed by atoms with Gasteiger partial charge in [0.1, 0.15) is 5.60 Å². The van der Waals surface area contributed by atoms with Gasteiger partial charge in [0, 0.05) is 6.42 Å². The highest BCUT2D eigenvalue weighted by molar-refractivity contribution is 5.76. The maximum atomic E-state index is 12.6. The summed E-state index contributed by atoms with van der Waals surface area (Å²) < 4.78 is 11.1. The normalized spacial score (nSPS) is 43.6. The Bertz CT molecular complexity index is 897. The van der Waals surface area contributed by atoms with E-state index in [1.165, 1.54) is 19.3 Å². The zero-order chi connectivity index (χ0) is 28.0. The first-order chi connectivity index (χ1) is 18.5. The molecule has 0 aromatic carbocycles. The molecule has 2 N–H and O–H groups in total. The largest absolute Gasteiger partial charge is 0.457 e. The number of carbonyl (C=O) groups is 2. The van der Waals surface area contributed by atoms with Gasteiger partial charge in [0.15, 0.2) is 6.61 Å². The summed E-state index contributed by atoms with van der Waals surface area (Å²) in [4.78, 5) is 24.9. The molecular weight excluding hydrogens is 492 g/mol. The number of hydrogen-bond donors (Lipinski definition) is 2. The van der Waals surface area contributed by atoms with E-state index in [1.54, 1.807) is 0 Å². The van der Waals surface area contributed by atoms with Gasteiger partial charge in [-0.25, -0.2) is 4.79 Å². The summed E-state index contributed by atoms with van der Waals surface area (Å²) >= 11 is 0. The summed E-state index contributed by atoms with van der Waals surface area (Å²) in [5.74, 6) is 2.28. The van der Waals surface area contributed by atoms with Gasteiger partial charge in [-0.05, 0) is 136 Å². The number of esters is 2. The van der Waals surface area contributed by atoms with Crippen molar-refractivity contribution in [2.45, 2.75) is 142 Å². The molecule has 0 heterocycles. The average molecular weight is 547 g/mol. The Morgan fingerprint density at radius 1 is 0.923 bits per heavy atom. The van der Waals surface area contributed by atoms with Gasteiger partial charge < -0.3 is 19.7 Å². The van der Waals surface area contributed by atoms with Crippen LogP contribution in [0.1, 0.15) is 124 Å². The topological polar surface area (TPSA) is 93.1 Å². The molecule has 0 aromatic heterocycles. The number of fused-ring (bicyclic) bond motifs is 5. The van der Waals surface area contributed by atoms with Crippen molar-refractivity contribution in [2.24, 2.45) is 46.3 Å². The monoisotopic (exact) mass is 546 g/mol. The second kappa shape index (κ2) is 11.3. The first-order valence-electron chi connectivity index (χ1n) is 16.3. The van der Waals surface area contributed by atoms with E-state index in [4.69, 9.17) is 9.47 Å². The SMILES string of the molecule is CCC1(OC(=O)COC(=O)CCC(C)C2CCC3C4CCC5CC(O)CCC5(C)C4CC(O)C23C)CCCC1. The molecule has 0 amide bonds. The van der Waals surface area contributed by atoms with Crippen LogP contribution in [-0.4, -0.2) is 46.6 Å². The highest BCUT2D eigenvalue weighted by atomic mass is 16.6. The average Bonchev–Trinajstić information content (AvgIpc) is 3.52. The van der Waals surface area contributed by atoms with E-state index in [0.29, 0.717) is 41.9 Å². The van der Waals surface area contributed by atoms with Gasteiger partial charge in [0.2, 0.25) is 0 Å². The van der Waals surface area contributed by atoms with E-state index in [-0.39, 0.29) is 41.2 Å². The maximum absolute atomic E-state index is 12.6. The van der Waals surface area contributed by atoms with Crippen molar-refractivity contribution in [3.05, 3.63) is 0 Å². The molecule has 5 fully saturated rings. The summed E-state index contributed by atoms with van der Waals surface area (Å²) in [5, 5.41) is 22.1. The highest BCUT2D eigenvalue weighted by Gasteiger charge is 2.63. The van der Waals surface area contributed by atoms with Crippen LogP contribution in [-0.2, 0) is 19.1 Å². The van der Waals surface area contributed by atoms with Crippen LogP contribution < -0.4 is 0 Å². The van der Waals surface area contributed by atoms with E-state index in [9.17, 15) is 19.8 Å². The fourth-order valence-corrected chi connectivity index (χ4v) is 10.7. The van der Waals surface area contributed by atoms with Crippen molar-refractivity contribution in [3.8, 4) is 0 Å². The van der Waals surface area contributed by atoms with E-state index < -0.39 is 5.97 Å². The lowest BCUT2D eigenvalue weighted by atomic mass is 9.43. The molecular formula is C33H54O6. The van der Waals surface area contributed by atoms with Crippen LogP contribution in [0.4, 0.5) is 0 Å². The molecule has 0 aliphatic heterocycles. The molecule has 5 aliphatic carbocycles. The Morgan fingerprint density at radius 3 is 2.38 bits per heavy atom. The number of carbonyl (C=O) groups excluding carboxylic acids is 2. The zero-order valence-electron chi connectivity index (χ0n) is 25.0. The number of aliphatic hydroxyl groups excluding tert-OH is 2. The molecule has 10 atom stereocenters. The van der Waals surface area contributed by atoms with Crippen LogP contribution in [0.25, 0.3) is 0 Å². The van der Waals surface area contributed by atoms with Crippen LogP contribution in [0.5, 0.6) is 0 Å². The second-order valence-corrected chi connectivity index (χ2v) is 14.8. The molecule has 5 rings (SSSR count). The summed E-state index contributed by atoms with van der Waals surface area (Å²) in [7, 11) is 0. The van der Waals surface area contributed by atoms with Gasteiger partial charge in [-0.1, -0.05) is 27.7 Å². The molecule has 6 heteroatoms. The van der Waals surface area contributed by atoms with Gasteiger partial charge in [-0.15, -0.1) is 0 Å². The fourth-order valence-electron chi connectivity index (χ4n) is 10.7. The summed E-state index contributed by atoms with van der Waals surface area (Å²) in [5.41, 5.74) is -0.226. The van der Waals surface area contributed by atoms with Crippen molar-refractivity contribution < 1.29 is 29.3 Å². The van der Waals surface area contributed by atoms with Gasteiger partial charge in [-0.2, -0.15) is 0 Å². The minimum Gasteiger partial charge on any atom is -0.457 e. The molecule has 0 aromatic rings. The van der Waals surface area contributed by atoms with Gasteiger partial charge >= 0.3 is 11.9 Å². The molecule has 6 nitrogen and oxygen atoms in total. The summed E-state index contributed by atoms with van der Waals surface area (Å²) in [6.45, 7) is 8.80. The van der Waals surface area contributed by atoms with Crippen molar-refractivity contribution in [2.75, 3.05) is 6.61 Å². The number of ether oxygens (including phenoxy) is 2. The smallest absolute Gasteiger partial charge is 0.344 e. The third kappa shape index (κ3) is 5.31. The third-order valence-electron chi connectivity index (χ3n) is 13.1. The van der Waals surface area contributed by atoms with Crippen LogP contribution in [0, 0.1) is 46.3 Å². The van der Waals surface area contributed by atoms with Gasteiger partial charge in [0.05, 0.1) is 12.2 Å². The van der Waals surface area contributed by atoms with Crippen molar-refractivity contribution in [1.29, 1.82) is 0 Å². The first kappa shape index (κ1) is 29.4. The Kier molecular flexibility index (Phi) is 8.48. The molecule has 39 heavy (non-hydrogen) atoms. The van der Waals surface area contributed by atoms with E-state index in [1.807, 2.05) is 0 Å². The van der Waals surface area contributed by atoms with Crippen molar-refractivity contribution in [3.63, 3.8) is 0 Å².